The summed E-state index contributed by atoms with van der Waals surface area (Å²) in [5, 5.41) is 4.52. The van der Waals surface area contributed by atoms with Gasteiger partial charge in [0.15, 0.2) is 6.20 Å². The van der Waals surface area contributed by atoms with Crippen molar-refractivity contribution in [2.75, 3.05) is 0 Å². The lowest BCUT2D eigenvalue weighted by atomic mass is 9.98. The normalized spacial score (nSPS) is 13.8. The fourth-order valence-electron chi connectivity index (χ4n) is 3.89. The smallest absolute Gasteiger partial charge is 0.216 e. The Kier molecular flexibility index (Phi) is 2.56. The third-order valence-electron chi connectivity index (χ3n) is 5.13. The Morgan fingerprint density at radius 2 is 1.81 bits per heavy atom. The van der Waals surface area contributed by atoms with Crippen molar-refractivity contribution in [2.45, 2.75) is 13.8 Å². The average Bonchev–Trinajstić information content (AvgIpc) is 3.06. The first kappa shape index (κ1) is 12.3. The second-order valence-electron chi connectivity index (χ2n) is 6.81. The number of hydrogen-bond donors (Lipinski definition) is 0. The van der Waals surface area contributed by atoms with E-state index < -0.39 is 6.85 Å². The molecule has 5 aromatic rings. The van der Waals surface area contributed by atoms with Crippen LogP contribution in [0.5, 0.6) is 0 Å². The van der Waals surface area contributed by atoms with E-state index in [0.717, 1.165) is 38.8 Å². The van der Waals surface area contributed by atoms with Crippen LogP contribution in [-0.4, -0.2) is 0 Å². The van der Waals surface area contributed by atoms with Crippen molar-refractivity contribution >= 4 is 32.7 Å². The molecule has 0 fully saturated rings. The summed E-state index contributed by atoms with van der Waals surface area (Å²) in [6.45, 7) is -0.0760. The maximum absolute atomic E-state index is 7.67. The van der Waals surface area contributed by atoms with E-state index in [1.807, 2.05) is 35.9 Å². The van der Waals surface area contributed by atoms with Gasteiger partial charge in [-0.25, -0.2) is 4.57 Å². The molecule has 2 heteroatoms. The molecular weight excluding hydrogens is 318 g/mol. The molecule has 0 aliphatic carbocycles. The van der Waals surface area contributed by atoms with Crippen molar-refractivity contribution in [3.05, 3.63) is 78.0 Å². The number of benzene rings is 3. The van der Waals surface area contributed by atoms with Gasteiger partial charge in [-0.3, -0.25) is 0 Å². The number of aromatic nitrogens is 1. The standard InChI is InChI=1S/C24H20NO/c1-15-8-12-20(25(3)14-15)22-16(2)9-11-19-23-18-7-5-4-6-17(18)10-13-21(23)26-24(19)22/h4-14H,1-3H3/q+1/i1D3. The SMILES string of the molecule is [2H]C([2H])([2H])c1ccc(-c2c(C)ccc3c2oc2ccc4ccccc4c23)[n+](C)c1. The Morgan fingerprint density at radius 1 is 0.923 bits per heavy atom. The largest absolute Gasteiger partial charge is 0.455 e. The van der Waals surface area contributed by atoms with E-state index >= 15 is 0 Å². The monoisotopic (exact) mass is 341 g/mol. The lowest BCUT2D eigenvalue weighted by Gasteiger charge is -2.06. The summed E-state index contributed by atoms with van der Waals surface area (Å²) in [4.78, 5) is 0. The highest BCUT2D eigenvalue weighted by Gasteiger charge is 2.21. The highest BCUT2D eigenvalue weighted by molar-refractivity contribution is 6.20. The first-order chi connectivity index (χ1) is 13.8. The number of pyridine rings is 1. The molecular formula is C24H20NO+. The fraction of sp³-hybridized carbons (Fsp3) is 0.125. The lowest BCUT2D eigenvalue weighted by molar-refractivity contribution is -0.660. The van der Waals surface area contributed by atoms with E-state index in [4.69, 9.17) is 8.53 Å². The van der Waals surface area contributed by atoms with Crippen LogP contribution in [0, 0.1) is 13.8 Å². The highest BCUT2D eigenvalue weighted by atomic mass is 16.3. The van der Waals surface area contributed by atoms with Crippen LogP contribution in [0.25, 0.3) is 44.0 Å². The van der Waals surface area contributed by atoms with E-state index in [0.29, 0.717) is 5.56 Å². The van der Waals surface area contributed by atoms with Gasteiger partial charge in [-0.1, -0.05) is 42.5 Å². The van der Waals surface area contributed by atoms with Gasteiger partial charge in [0.2, 0.25) is 5.69 Å². The Bertz CT molecular complexity index is 1410. The van der Waals surface area contributed by atoms with E-state index in [1.54, 1.807) is 12.3 Å². The Morgan fingerprint density at radius 3 is 2.65 bits per heavy atom. The first-order valence-electron chi connectivity index (χ1n) is 10.2. The Balaban J connectivity index is 1.85. The van der Waals surface area contributed by atoms with Gasteiger partial charge < -0.3 is 4.42 Å². The van der Waals surface area contributed by atoms with Gasteiger partial charge in [0.05, 0.1) is 5.56 Å². The van der Waals surface area contributed by atoms with Gasteiger partial charge in [0.25, 0.3) is 0 Å². The molecule has 2 nitrogen and oxygen atoms in total. The summed E-state index contributed by atoms with van der Waals surface area (Å²) < 4.78 is 31.2. The number of fused-ring (bicyclic) bond motifs is 5. The molecule has 126 valence electrons. The van der Waals surface area contributed by atoms with E-state index in [-0.39, 0.29) is 0 Å². The van der Waals surface area contributed by atoms with E-state index in [1.165, 1.54) is 10.8 Å². The van der Waals surface area contributed by atoms with Crippen LogP contribution in [0.4, 0.5) is 0 Å². The molecule has 2 heterocycles. The van der Waals surface area contributed by atoms with Gasteiger partial charge >= 0.3 is 0 Å². The van der Waals surface area contributed by atoms with Crippen LogP contribution in [0.1, 0.15) is 15.2 Å². The van der Waals surface area contributed by atoms with Crippen LogP contribution >= 0.6 is 0 Å². The lowest BCUT2D eigenvalue weighted by Crippen LogP contribution is -2.31. The third-order valence-corrected chi connectivity index (χ3v) is 5.13. The summed E-state index contributed by atoms with van der Waals surface area (Å²) in [5.41, 5.74) is 5.00. The first-order valence-corrected chi connectivity index (χ1v) is 8.69. The van der Waals surface area contributed by atoms with Gasteiger partial charge in [-0.05, 0) is 42.2 Å². The third kappa shape index (κ3) is 2.08. The number of hydrogen-bond acceptors (Lipinski definition) is 1. The van der Waals surface area contributed by atoms with Gasteiger partial charge in [-0.2, -0.15) is 0 Å². The molecule has 0 atom stereocenters. The molecule has 0 unspecified atom stereocenters. The topological polar surface area (TPSA) is 17.0 Å². The van der Waals surface area contributed by atoms with Crippen LogP contribution < -0.4 is 4.57 Å². The summed E-state index contributed by atoms with van der Waals surface area (Å²) >= 11 is 0. The predicted molar refractivity (Wildman–Crippen MR) is 107 cm³/mol. The number of furan rings is 1. The minimum Gasteiger partial charge on any atom is -0.455 e. The minimum absolute atomic E-state index is 0.323. The Hall–Kier alpha value is -3.13. The van der Waals surface area contributed by atoms with Crippen molar-refractivity contribution < 1.29 is 13.1 Å². The average molecular weight is 341 g/mol. The maximum Gasteiger partial charge on any atom is 0.216 e. The number of nitrogens with zero attached hydrogens (tertiary/aromatic N) is 1. The molecule has 0 spiro atoms. The molecule has 2 aromatic heterocycles. The van der Waals surface area contributed by atoms with E-state index in [9.17, 15) is 0 Å². The van der Waals surface area contributed by atoms with Gasteiger partial charge in [-0.15, -0.1) is 0 Å². The highest BCUT2D eigenvalue weighted by Crippen LogP contribution is 2.39. The van der Waals surface area contributed by atoms with Crippen molar-refractivity contribution in [1.82, 2.24) is 0 Å². The molecule has 0 saturated heterocycles. The summed E-state index contributed by atoms with van der Waals surface area (Å²) in [6.07, 6.45) is 1.68. The molecule has 0 aliphatic rings. The summed E-state index contributed by atoms with van der Waals surface area (Å²) in [5.74, 6) is 0. The molecule has 0 radical (unpaired) electrons. The molecule has 3 aromatic carbocycles. The van der Waals surface area contributed by atoms with Crippen molar-refractivity contribution in [1.29, 1.82) is 0 Å². The fourth-order valence-corrected chi connectivity index (χ4v) is 3.89. The van der Waals surface area contributed by atoms with Crippen molar-refractivity contribution in [3.8, 4) is 11.3 Å². The van der Waals surface area contributed by atoms with Crippen LogP contribution in [0.2, 0.25) is 0 Å². The number of aryl methyl sites for hydroxylation is 3. The van der Waals surface area contributed by atoms with Gasteiger partial charge in [0.1, 0.15) is 18.2 Å². The molecule has 0 amide bonds. The van der Waals surface area contributed by atoms with Crippen molar-refractivity contribution in [3.63, 3.8) is 0 Å². The van der Waals surface area contributed by atoms with Crippen LogP contribution in [0.15, 0.2) is 71.3 Å². The zero-order chi connectivity index (χ0) is 20.3. The zero-order valence-corrected chi connectivity index (χ0v) is 14.7. The Labute approximate surface area is 156 Å². The quantitative estimate of drug-likeness (QED) is 0.350. The van der Waals surface area contributed by atoms with Crippen LogP contribution in [0.3, 0.4) is 0 Å². The maximum atomic E-state index is 7.67. The van der Waals surface area contributed by atoms with Crippen LogP contribution in [-0.2, 0) is 7.05 Å². The molecule has 0 N–H and O–H groups in total. The van der Waals surface area contributed by atoms with Gasteiger partial charge in [0, 0.05) is 26.5 Å². The molecule has 0 bridgehead atoms. The molecule has 5 rings (SSSR count). The number of rotatable bonds is 1. The summed E-state index contributed by atoms with van der Waals surface area (Å²) in [7, 11) is 1.88. The zero-order valence-electron chi connectivity index (χ0n) is 17.7. The second kappa shape index (κ2) is 5.43. The predicted octanol–water partition coefficient (Wildman–Crippen LogP) is 5.85. The minimum atomic E-state index is -2.13. The second-order valence-corrected chi connectivity index (χ2v) is 6.81. The summed E-state index contributed by atoms with van der Waals surface area (Å²) in [6, 6.07) is 20.2. The van der Waals surface area contributed by atoms with E-state index in [2.05, 4.69) is 37.3 Å². The van der Waals surface area contributed by atoms with Crippen molar-refractivity contribution in [2.24, 2.45) is 7.05 Å². The molecule has 26 heavy (non-hydrogen) atoms. The molecule has 0 aliphatic heterocycles. The molecule has 0 saturated carbocycles.